The van der Waals surface area contributed by atoms with E-state index in [9.17, 15) is 14.0 Å². The summed E-state index contributed by atoms with van der Waals surface area (Å²) in [6.07, 6.45) is 3.79. The Morgan fingerprint density at radius 1 is 1.03 bits per heavy atom. The molecule has 1 heterocycles. The molecule has 1 aliphatic heterocycles. The quantitative estimate of drug-likeness (QED) is 0.516. The average Bonchev–Trinajstić information content (AvgIpc) is 3.31. The van der Waals surface area contributed by atoms with Gasteiger partial charge in [0.05, 0.1) is 28.6 Å². The molecule has 35 heavy (non-hydrogen) atoms. The van der Waals surface area contributed by atoms with Gasteiger partial charge in [0.2, 0.25) is 11.8 Å². The summed E-state index contributed by atoms with van der Waals surface area (Å²) in [6.45, 7) is 0.972. The summed E-state index contributed by atoms with van der Waals surface area (Å²) in [4.78, 5) is 30.3. The molecule has 1 saturated heterocycles. The van der Waals surface area contributed by atoms with Gasteiger partial charge in [0.1, 0.15) is 5.82 Å². The van der Waals surface area contributed by atoms with E-state index >= 15 is 0 Å². The van der Waals surface area contributed by atoms with Crippen LogP contribution in [0.15, 0.2) is 42.5 Å². The molecular weight excluding hydrogens is 490 g/mol. The van der Waals surface area contributed by atoms with Crippen LogP contribution in [0, 0.1) is 11.7 Å². The summed E-state index contributed by atoms with van der Waals surface area (Å²) in [7, 11) is 3.50. The third-order valence-corrected chi connectivity index (χ3v) is 8.23. The van der Waals surface area contributed by atoms with Gasteiger partial charge < -0.3 is 14.5 Å². The highest BCUT2D eigenvalue weighted by Gasteiger charge is 2.42. The first-order valence-electron chi connectivity index (χ1n) is 12.0. The third kappa shape index (κ3) is 5.99. The van der Waals surface area contributed by atoms with Crippen molar-refractivity contribution in [2.24, 2.45) is 5.92 Å². The van der Waals surface area contributed by atoms with Crippen molar-refractivity contribution >= 4 is 35.0 Å². The lowest BCUT2D eigenvalue weighted by Crippen LogP contribution is -2.43. The summed E-state index contributed by atoms with van der Waals surface area (Å²) < 4.78 is 18.7. The molecule has 0 aromatic heterocycles. The number of methoxy groups -OCH3 is 1. The zero-order valence-electron chi connectivity index (χ0n) is 20.1. The monoisotopic (exact) mass is 520 g/mol. The molecule has 0 spiro atoms. The summed E-state index contributed by atoms with van der Waals surface area (Å²) in [5.74, 6) is -0.382. The molecule has 2 aromatic carbocycles. The van der Waals surface area contributed by atoms with Gasteiger partial charge in [-0.3, -0.25) is 9.59 Å². The van der Waals surface area contributed by atoms with E-state index < -0.39 is 0 Å². The normalized spacial score (nSPS) is 24.4. The molecule has 2 aromatic rings. The maximum Gasteiger partial charge on any atom is 0.227 e. The topological polar surface area (TPSA) is 49.9 Å². The van der Waals surface area contributed by atoms with Gasteiger partial charge in [-0.1, -0.05) is 41.4 Å². The molecule has 2 amide bonds. The Bertz CT molecular complexity index is 1060. The zero-order valence-corrected chi connectivity index (χ0v) is 21.6. The number of hydrogen-bond acceptors (Lipinski definition) is 3. The summed E-state index contributed by atoms with van der Waals surface area (Å²) in [5, 5.41) is 0.916. The number of carbonyl (C=O) groups excluding carboxylic acids is 2. The van der Waals surface area contributed by atoms with E-state index in [-0.39, 0.29) is 48.0 Å². The number of likely N-dealkylation sites (N-methyl/N-ethyl adjacent to an activating group) is 1. The Kier molecular flexibility index (Phi) is 8.35. The highest BCUT2D eigenvalue weighted by atomic mass is 35.5. The first-order chi connectivity index (χ1) is 16.8. The van der Waals surface area contributed by atoms with Crippen LogP contribution in [0.1, 0.15) is 42.7 Å². The Morgan fingerprint density at radius 3 is 2.34 bits per heavy atom. The minimum absolute atomic E-state index is 0.0187. The van der Waals surface area contributed by atoms with E-state index in [4.69, 9.17) is 27.9 Å². The molecule has 0 N–H and O–H groups in total. The zero-order chi connectivity index (χ0) is 25.1. The minimum atomic E-state index is -0.335. The predicted molar refractivity (Wildman–Crippen MR) is 135 cm³/mol. The van der Waals surface area contributed by atoms with Gasteiger partial charge in [-0.15, -0.1) is 0 Å². The SMILES string of the molecule is COC1CCC(C(=O)N2CC(c3ccc(Cl)c(Cl)c3)C(N(C)C(=O)Cc3ccc(F)cc3)C2)CC1. The van der Waals surface area contributed by atoms with Crippen molar-refractivity contribution in [3.63, 3.8) is 0 Å². The Labute approximate surface area is 216 Å². The van der Waals surface area contributed by atoms with Crippen molar-refractivity contribution < 1.29 is 18.7 Å². The lowest BCUT2D eigenvalue weighted by Gasteiger charge is -2.30. The Morgan fingerprint density at radius 2 is 1.71 bits per heavy atom. The van der Waals surface area contributed by atoms with Gasteiger partial charge >= 0.3 is 0 Å². The van der Waals surface area contributed by atoms with Gasteiger partial charge in [0, 0.05) is 39.1 Å². The van der Waals surface area contributed by atoms with Crippen LogP contribution in [0.3, 0.4) is 0 Å². The number of rotatable bonds is 6. The standard InChI is InChI=1S/C27H31Cl2FN2O3/c1-31(26(33)13-17-3-8-20(30)9-4-17)25-16-32(27(34)18-5-10-21(35-2)11-6-18)15-22(25)19-7-12-23(28)24(29)14-19/h3-4,7-9,12,14,18,21-22,25H,5-6,10-11,13,15-16H2,1-2H3. The third-order valence-electron chi connectivity index (χ3n) is 7.49. The van der Waals surface area contributed by atoms with Crippen LogP contribution >= 0.6 is 23.2 Å². The maximum absolute atomic E-state index is 13.5. The fraction of sp³-hybridized carbons (Fsp3) is 0.481. The van der Waals surface area contributed by atoms with Crippen LogP contribution in [-0.2, 0) is 20.7 Å². The number of nitrogens with zero attached hydrogens (tertiary/aromatic N) is 2. The Balaban J connectivity index is 1.53. The molecule has 2 atom stereocenters. The second-order valence-corrected chi connectivity index (χ2v) is 10.4. The van der Waals surface area contributed by atoms with Gasteiger partial charge in [-0.25, -0.2) is 4.39 Å². The second kappa shape index (κ2) is 11.3. The molecule has 5 nitrogen and oxygen atoms in total. The van der Waals surface area contributed by atoms with Crippen LogP contribution in [-0.4, -0.2) is 61.0 Å². The highest BCUT2D eigenvalue weighted by molar-refractivity contribution is 6.42. The smallest absolute Gasteiger partial charge is 0.227 e. The summed E-state index contributed by atoms with van der Waals surface area (Å²) >= 11 is 12.5. The van der Waals surface area contributed by atoms with Gasteiger partial charge in [-0.2, -0.15) is 0 Å². The van der Waals surface area contributed by atoms with Gasteiger partial charge in [-0.05, 0) is 61.1 Å². The number of likely N-dealkylation sites (tertiary alicyclic amines) is 1. The molecule has 0 bridgehead atoms. The Hall–Kier alpha value is -2.15. The number of ether oxygens (including phenoxy) is 1. The number of amides is 2. The minimum Gasteiger partial charge on any atom is -0.381 e. The second-order valence-electron chi connectivity index (χ2n) is 9.61. The van der Waals surface area contributed by atoms with E-state index in [0.717, 1.165) is 36.8 Å². The fourth-order valence-electron chi connectivity index (χ4n) is 5.32. The van der Waals surface area contributed by atoms with Crippen LogP contribution in [0.2, 0.25) is 10.0 Å². The van der Waals surface area contributed by atoms with Crippen molar-refractivity contribution in [3.8, 4) is 0 Å². The van der Waals surface area contributed by atoms with Crippen LogP contribution < -0.4 is 0 Å². The fourth-order valence-corrected chi connectivity index (χ4v) is 5.63. The molecule has 2 unspecified atom stereocenters. The highest BCUT2D eigenvalue weighted by Crippen LogP contribution is 2.36. The van der Waals surface area contributed by atoms with Gasteiger partial charge in [0.15, 0.2) is 0 Å². The van der Waals surface area contributed by atoms with E-state index in [0.29, 0.717) is 23.1 Å². The predicted octanol–water partition coefficient (Wildman–Crippen LogP) is 5.33. The van der Waals surface area contributed by atoms with E-state index in [1.54, 1.807) is 37.3 Å². The van der Waals surface area contributed by atoms with E-state index in [1.165, 1.54) is 12.1 Å². The molecule has 1 saturated carbocycles. The lowest BCUT2D eigenvalue weighted by atomic mass is 9.86. The van der Waals surface area contributed by atoms with Crippen molar-refractivity contribution in [1.82, 2.24) is 9.80 Å². The number of halogens is 3. The van der Waals surface area contributed by atoms with Crippen molar-refractivity contribution in [2.45, 2.75) is 50.2 Å². The molecule has 8 heteroatoms. The number of hydrogen-bond donors (Lipinski definition) is 0. The number of carbonyl (C=O) groups is 2. The molecular formula is C27H31Cl2FN2O3. The number of benzene rings is 2. The summed E-state index contributed by atoms with van der Waals surface area (Å²) in [5.41, 5.74) is 1.69. The molecule has 2 aliphatic rings. The lowest BCUT2D eigenvalue weighted by molar-refractivity contribution is -0.137. The molecule has 0 radical (unpaired) electrons. The van der Waals surface area contributed by atoms with E-state index in [1.807, 2.05) is 17.0 Å². The molecule has 188 valence electrons. The van der Waals surface area contributed by atoms with Crippen molar-refractivity contribution in [2.75, 3.05) is 27.2 Å². The van der Waals surface area contributed by atoms with Crippen LogP contribution in [0.5, 0.6) is 0 Å². The maximum atomic E-state index is 13.5. The van der Waals surface area contributed by atoms with Crippen LogP contribution in [0.4, 0.5) is 4.39 Å². The molecule has 4 rings (SSSR count). The summed E-state index contributed by atoms with van der Waals surface area (Å²) in [6, 6.07) is 11.3. The van der Waals surface area contributed by atoms with Crippen LogP contribution in [0.25, 0.3) is 0 Å². The average molecular weight is 521 g/mol. The van der Waals surface area contributed by atoms with Crippen molar-refractivity contribution in [3.05, 3.63) is 69.5 Å². The first kappa shape index (κ1) is 25.9. The largest absolute Gasteiger partial charge is 0.381 e. The first-order valence-corrected chi connectivity index (χ1v) is 12.8. The molecule has 2 fully saturated rings. The van der Waals surface area contributed by atoms with E-state index in [2.05, 4.69) is 0 Å². The van der Waals surface area contributed by atoms with Crippen molar-refractivity contribution in [1.29, 1.82) is 0 Å². The molecule has 1 aliphatic carbocycles. The van der Waals surface area contributed by atoms with Gasteiger partial charge in [0.25, 0.3) is 0 Å².